The number of nitrogens with zero attached hydrogens (tertiary/aromatic N) is 3. The number of rotatable bonds is 8. The molecule has 1 N–H and O–H groups in total. The predicted octanol–water partition coefficient (Wildman–Crippen LogP) is 6.20. The Morgan fingerprint density at radius 1 is 0.932 bits per heavy atom. The van der Waals surface area contributed by atoms with Gasteiger partial charge in [-0.05, 0) is 81.1 Å². The van der Waals surface area contributed by atoms with Crippen molar-refractivity contribution >= 4 is 40.8 Å². The number of hydrogen-bond acceptors (Lipinski definition) is 6. The molecule has 0 aliphatic heterocycles. The van der Waals surface area contributed by atoms with Crippen molar-refractivity contribution in [3.05, 3.63) is 105 Å². The molecule has 2 fully saturated rings. The van der Waals surface area contributed by atoms with Crippen molar-refractivity contribution in [3.63, 3.8) is 0 Å². The molecule has 2 heterocycles. The van der Waals surface area contributed by atoms with Crippen molar-refractivity contribution < 1.29 is 27.9 Å². The number of carbonyl (C=O) groups is 3. The number of nitrogens with one attached hydrogen (secondary N) is 1. The van der Waals surface area contributed by atoms with E-state index in [0.717, 1.165) is 11.0 Å². The fourth-order valence-corrected chi connectivity index (χ4v) is 4.92. The van der Waals surface area contributed by atoms with Crippen LogP contribution < -0.4 is 20.5 Å². The van der Waals surface area contributed by atoms with Gasteiger partial charge in [0.15, 0.2) is 23.1 Å². The Labute approximate surface area is 255 Å². The third-order valence-corrected chi connectivity index (χ3v) is 7.71. The number of hydrogen-bond donors (Lipinski definition) is 1. The zero-order chi connectivity index (χ0) is 31.1. The van der Waals surface area contributed by atoms with Crippen molar-refractivity contribution in [3.8, 4) is 17.2 Å². The summed E-state index contributed by atoms with van der Waals surface area (Å²) in [6, 6.07) is 13.2. The zero-order valence-electron chi connectivity index (χ0n) is 23.4. The molecule has 0 bridgehead atoms. The van der Waals surface area contributed by atoms with E-state index in [2.05, 4.69) is 10.3 Å². The highest BCUT2D eigenvalue weighted by Gasteiger charge is 2.43. The van der Waals surface area contributed by atoms with Gasteiger partial charge in [0.05, 0.1) is 0 Å². The Bertz CT molecular complexity index is 1850. The van der Waals surface area contributed by atoms with Crippen molar-refractivity contribution in [2.75, 3.05) is 10.2 Å². The number of amides is 3. The summed E-state index contributed by atoms with van der Waals surface area (Å²) in [5, 5.41) is 2.38. The molecule has 9 nitrogen and oxygen atoms in total. The Balaban J connectivity index is 1.21. The second-order valence-electron chi connectivity index (χ2n) is 10.7. The molecule has 0 atom stereocenters. The largest absolute Gasteiger partial charge is 0.453 e. The number of pyridine rings is 2. The zero-order valence-corrected chi connectivity index (χ0v) is 24.1. The SMILES string of the molecule is Cc1ccc(C(=O)Nc2ccc(Oc3ccnc(N(C(=O)C4CC4)C(=O)C4CC4)c3Cl)c(F)c2)c(=O)n1-c1ccc(F)cc1. The van der Waals surface area contributed by atoms with Crippen molar-refractivity contribution in [1.29, 1.82) is 0 Å². The monoisotopic (exact) mass is 618 g/mol. The minimum Gasteiger partial charge on any atom is -0.453 e. The molecule has 2 aromatic carbocycles. The molecule has 0 radical (unpaired) electrons. The maximum atomic E-state index is 15.2. The van der Waals surface area contributed by atoms with Gasteiger partial charge in [0.25, 0.3) is 11.5 Å². The van der Waals surface area contributed by atoms with Gasteiger partial charge in [-0.25, -0.2) is 18.7 Å². The minimum atomic E-state index is -0.857. The van der Waals surface area contributed by atoms with Crippen LogP contribution >= 0.6 is 11.6 Å². The minimum absolute atomic E-state index is 0.0226. The first-order chi connectivity index (χ1) is 21.1. The van der Waals surface area contributed by atoms with Crippen LogP contribution in [0.1, 0.15) is 41.7 Å². The lowest BCUT2D eigenvalue weighted by molar-refractivity contribution is -0.127. The number of anilines is 2. The topological polar surface area (TPSA) is 111 Å². The van der Waals surface area contributed by atoms with E-state index in [9.17, 15) is 23.6 Å². The van der Waals surface area contributed by atoms with E-state index >= 15 is 4.39 Å². The Morgan fingerprint density at radius 2 is 1.59 bits per heavy atom. The summed E-state index contributed by atoms with van der Waals surface area (Å²) in [5.74, 6) is -3.68. The maximum absolute atomic E-state index is 15.2. The summed E-state index contributed by atoms with van der Waals surface area (Å²) >= 11 is 6.54. The first-order valence-corrected chi connectivity index (χ1v) is 14.3. The normalized spacial score (nSPS) is 14.2. The Kier molecular flexibility index (Phi) is 7.73. The highest BCUT2D eigenvalue weighted by molar-refractivity contribution is 6.36. The predicted molar refractivity (Wildman–Crippen MR) is 158 cm³/mol. The van der Waals surface area contributed by atoms with Gasteiger partial charge in [0.1, 0.15) is 16.4 Å². The lowest BCUT2D eigenvalue weighted by atomic mass is 10.2. The van der Waals surface area contributed by atoms with Gasteiger partial charge in [-0.1, -0.05) is 11.6 Å². The molecular formula is C32H25ClF2N4O5. The van der Waals surface area contributed by atoms with Crippen LogP contribution in [0.4, 0.5) is 20.3 Å². The summed E-state index contributed by atoms with van der Waals surface area (Å²) in [4.78, 5) is 57.3. The highest BCUT2D eigenvalue weighted by Crippen LogP contribution is 2.42. The maximum Gasteiger partial charge on any atom is 0.268 e. The Morgan fingerprint density at radius 3 is 2.20 bits per heavy atom. The van der Waals surface area contributed by atoms with Gasteiger partial charge in [0, 0.05) is 47.2 Å². The number of ether oxygens (including phenoxy) is 1. The second-order valence-corrected chi connectivity index (χ2v) is 11.1. The third kappa shape index (κ3) is 5.83. The van der Waals surface area contributed by atoms with E-state index in [0.29, 0.717) is 37.1 Å². The van der Waals surface area contributed by atoms with E-state index < -0.39 is 23.1 Å². The number of benzene rings is 2. The van der Waals surface area contributed by atoms with E-state index in [1.807, 2.05) is 0 Å². The molecule has 6 rings (SSSR count). The van der Waals surface area contributed by atoms with Gasteiger partial charge >= 0.3 is 0 Å². The fraction of sp³-hybridized carbons (Fsp3) is 0.219. The first-order valence-electron chi connectivity index (χ1n) is 13.9. The molecule has 0 spiro atoms. The van der Waals surface area contributed by atoms with Crippen LogP contribution in [0.5, 0.6) is 11.5 Å². The van der Waals surface area contributed by atoms with E-state index in [4.69, 9.17) is 16.3 Å². The number of imide groups is 1. The first kappa shape index (κ1) is 29.2. The smallest absolute Gasteiger partial charge is 0.268 e. The summed E-state index contributed by atoms with van der Waals surface area (Å²) < 4.78 is 35.5. The quantitative estimate of drug-likeness (QED) is 0.236. The lowest BCUT2D eigenvalue weighted by Crippen LogP contribution is -2.40. The molecule has 3 amide bonds. The van der Waals surface area contributed by atoms with Crippen LogP contribution in [0.25, 0.3) is 5.69 Å². The standard InChI is InChI=1S/C32H25ClF2N4O5/c1-17-2-12-23(32(43)38(17)22-10-7-20(34)8-11-22)29(40)37-21-9-13-25(24(35)16-21)44-26-14-15-36-28(27(26)33)39(30(41)18-3-4-18)31(42)19-5-6-19/h2,7-16,18-19H,3-6H2,1H3,(H,37,40). The third-order valence-electron chi connectivity index (χ3n) is 7.36. The average Bonchev–Trinajstić information content (AvgIpc) is 3.91. The molecular weight excluding hydrogens is 594 g/mol. The van der Waals surface area contributed by atoms with Crippen LogP contribution in [0, 0.1) is 30.4 Å². The van der Waals surface area contributed by atoms with Crippen molar-refractivity contribution in [2.45, 2.75) is 32.6 Å². The van der Waals surface area contributed by atoms with Crippen LogP contribution in [-0.2, 0) is 9.59 Å². The van der Waals surface area contributed by atoms with Gasteiger partial charge in [-0.2, -0.15) is 0 Å². The molecule has 0 saturated heterocycles. The number of halogens is 3. The van der Waals surface area contributed by atoms with Crippen LogP contribution in [-0.4, -0.2) is 27.3 Å². The number of aromatic nitrogens is 2. The Hall–Kier alpha value is -4.90. The van der Waals surface area contributed by atoms with Gasteiger partial charge in [0.2, 0.25) is 11.8 Å². The van der Waals surface area contributed by atoms with E-state index in [1.54, 1.807) is 13.0 Å². The molecule has 2 aliphatic rings. The molecule has 224 valence electrons. The molecule has 0 unspecified atom stereocenters. The summed E-state index contributed by atoms with van der Waals surface area (Å²) in [5.41, 5.74) is 0.118. The molecule has 4 aromatic rings. The van der Waals surface area contributed by atoms with Gasteiger partial charge in [-0.15, -0.1) is 0 Å². The van der Waals surface area contributed by atoms with Crippen molar-refractivity contribution in [1.82, 2.24) is 9.55 Å². The molecule has 2 aliphatic carbocycles. The molecule has 2 saturated carbocycles. The lowest BCUT2D eigenvalue weighted by Gasteiger charge is -2.22. The highest BCUT2D eigenvalue weighted by atomic mass is 35.5. The molecule has 12 heteroatoms. The van der Waals surface area contributed by atoms with Gasteiger partial charge < -0.3 is 10.1 Å². The number of carbonyl (C=O) groups excluding carboxylic acids is 3. The van der Waals surface area contributed by atoms with Crippen LogP contribution in [0.3, 0.4) is 0 Å². The number of aryl methyl sites for hydroxylation is 1. The molecule has 44 heavy (non-hydrogen) atoms. The van der Waals surface area contributed by atoms with E-state index in [-0.39, 0.29) is 57.2 Å². The summed E-state index contributed by atoms with van der Waals surface area (Å²) in [6.07, 6.45) is 4.05. The summed E-state index contributed by atoms with van der Waals surface area (Å²) in [7, 11) is 0. The summed E-state index contributed by atoms with van der Waals surface area (Å²) in [6.45, 7) is 1.67. The van der Waals surface area contributed by atoms with Crippen molar-refractivity contribution in [2.24, 2.45) is 11.8 Å². The van der Waals surface area contributed by atoms with E-state index in [1.165, 1.54) is 59.3 Å². The molecule has 2 aromatic heterocycles. The fourth-order valence-electron chi connectivity index (χ4n) is 4.69. The van der Waals surface area contributed by atoms with Crippen LogP contribution in [0.15, 0.2) is 71.7 Å². The average molecular weight is 619 g/mol. The van der Waals surface area contributed by atoms with Crippen LogP contribution in [0.2, 0.25) is 5.02 Å². The van der Waals surface area contributed by atoms with Gasteiger partial charge in [-0.3, -0.25) is 23.7 Å². The second kappa shape index (κ2) is 11.6.